The molecule has 1 aliphatic rings. The van der Waals surface area contributed by atoms with Gasteiger partial charge in [-0.15, -0.1) is 24.8 Å². The third-order valence-corrected chi connectivity index (χ3v) is 5.34. The third-order valence-electron chi connectivity index (χ3n) is 5.10. The normalized spacial score (nSPS) is 11.9. The number of rotatable bonds is 12. The largest absolute Gasteiger partial charge is 0.493 e. The Morgan fingerprint density at radius 3 is 2.18 bits per heavy atom. The Bertz CT molecular complexity index is 1090. The van der Waals surface area contributed by atoms with Gasteiger partial charge < -0.3 is 14.8 Å². The van der Waals surface area contributed by atoms with Gasteiger partial charge in [0, 0.05) is 22.9 Å². The monoisotopic (exact) mass is 467 g/mol. The van der Waals surface area contributed by atoms with Crippen LogP contribution in [0.5, 0.6) is 11.5 Å². The Morgan fingerprint density at radius 1 is 0.909 bits per heavy atom. The zero-order valence-electron chi connectivity index (χ0n) is 18.3. The van der Waals surface area contributed by atoms with Crippen LogP contribution in [0, 0.1) is 0 Å². The predicted molar refractivity (Wildman–Crippen MR) is 129 cm³/mol. The lowest BCUT2D eigenvalue weighted by molar-refractivity contribution is -0.113. The fraction of sp³-hybridized carbons (Fsp3) is 0.269. The van der Waals surface area contributed by atoms with E-state index in [4.69, 9.17) is 21.1 Å². The molecular weight excluding hydrogens is 442 g/mol. The van der Waals surface area contributed by atoms with Crippen molar-refractivity contribution in [2.45, 2.75) is 25.7 Å². The van der Waals surface area contributed by atoms with Gasteiger partial charge in [0.1, 0.15) is 17.4 Å². The van der Waals surface area contributed by atoms with Gasteiger partial charge in [-0.05, 0) is 37.8 Å². The molecule has 0 saturated carbocycles. The van der Waals surface area contributed by atoms with Crippen LogP contribution in [0.25, 0.3) is 0 Å². The summed E-state index contributed by atoms with van der Waals surface area (Å²) in [6.45, 7) is 8.09. The quantitative estimate of drug-likeness (QED) is 0.221. The van der Waals surface area contributed by atoms with Crippen molar-refractivity contribution in [1.82, 2.24) is 0 Å². The van der Waals surface area contributed by atoms with E-state index in [1.54, 1.807) is 36.4 Å². The second-order valence-electron chi connectivity index (χ2n) is 7.47. The molecule has 33 heavy (non-hydrogen) atoms. The van der Waals surface area contributed by atoms with E-state index in [0.29, 0.717) is 31.1 Å². The molecule has 0 spiro atoms. The standard InChI is InChI=1S/C26H26ClNO5/c1-3-5-7-12-32-20-11-9-10-18-23(20)26(31)24-19(25(18)30)14-17(28-22(29)16-27)15-21(24)33-13-8-6-4-2/h3-4,9-11,14-15H,1-2,5-8,12-13,16H2,(H,28,29). The molecule has 0 heterocycles. The van der Waals surface area contributed by atoms with Crippen LogP contribution >= 0.6 is 11.6 Å². The minimum Gasteiger partial charge on any atom is -0.493 e. The van der Waals surface area contributed by atoms with Gasteiger partial charge in [-0.1, -0.05) is 24.3 Å². The topological polar surface area (TPSA) is 81.7 Å². The van der Waals surface area contributed by atoms with Gasteiger partial charge in [-0.3, -0.25) is 14.4 Å². The van der Waals surface area contributed by atoms with Crippen molar-refractivity contribution >= 4 is 34.8 Å². The number of anilines is 1. The number of amides is 1. The summed E-state index contributed by atoms with van der Waals surface area (Å²) >= 11 is 5.61. The van der Waals surface area contributed by atoms with Crippen molar-refractivity contribution in [3.8, 4) is 11.5 Å². The van der Waals surface area contributed by atoms with Crippen LogP contribution < -0.4 is 14.8 Å². The summed E-state index contributed by atoms with van der Waals surface area (Å²) in [5.74, 6) is -0.777. The molecule has 0 radical (unpaired) electrons. The number of carbonyl (C=O) groups excluding carboxylic acids is 3. The summed E-state index contributed by atoms with van der Waals surface area (Å²) < 4.78 is 11.7. The van der Waals surface area contributed by atoms with Gasteiger partial charge in [-0.25, -0.2) is 0 Å². The lowest BCUT2D eigenvalue weighted by atomic mass is 9.82. The predicted octanol–water partition coefficient (Wildman–Crippen LogP) is 5.33. The van der Waals surface area contributed by atoms with Crippen LogP contribution in [0.3, 0.4) is 0 Å². The first kappa shape index (κ1) is 24.3. The SMILES string of the molecule is C=CCCCOc1cccc2c1C(=O)c1c(OCCCC=C)cc(NC(=O)CCl)cc1C2=O. The highest BCUT2D eigenvalue weighted by Crippen LogP contribution is 2.39. The summed E-state index contributed by atoms with van der Waals surface area (Å²) in [6.07, 6.45) is 6.52. The van der Waals surface area contributed by atoms with Crippen LogP contribution in [-0.4, -0.2) is 36.6 Å². The molecule has 1 N–H and O–H groups in total. The van der Waals surface area contributed by atoms with Gasteiger partial charge in [0.15, 0.2) is 5.78 Å². The van der Waals surface area contributed by atoms with E-state index in [9.17, 15) is 14.4 Å². The van der Waals surface area contributed by atoms with Gasteiger partial charge in [0.05, 0.1) is 24.3 Å². The van der Waals surface area contributed by atoms with Crippen molar-refractivity contribution in [3.05, 3.63) is 77.9 Å². The number of halogens is 1. The lowest BCUT2D eigenvalue weighted by Crippen LogP contribution is -2.24. The summed E-state index contributed by atoms with van der Waals surface area (Å²) in [5.41, 5.74) is 1.15. The van der Waals surface area contributed by atoms with E-state index >= 15 is 0 Å². The number of unbranched alkanes of at least 4 members (excludes halogenated alkanes) is 2. The number of hydrogen-bond acceptors (Lipinski definition) is 5. The Kier molecular flexibility index (Phi) is 8.44. The average Bonchev–Trinajstić information content (AvgIpc) is 2.82. The van der Waals surface area contributed by atoms with Crippen LogP contribution in [0.1, 0.15) is 57.5 Å². The molecular formula is C26H26ClNO5. The molecule has 2 aromatic carbocycles. The number of alkyl halides is 1. The Labute approximate surface area is 198 Å². The first-order chi connectivity index (χ1) is 16.0. The molecule has 3 rings (SSSR count). The maximum Gasteiger partial charge on any atom is 0.239 e. The molecule has 1 aliphatic carbocycles. The number of benzene rings is 2. The number of hydrogen-bond donors (Lipinski definition) is 1. The highest BCUT2D eigenvalue weighted by molar-refractivity contribution is 6.31. The fourth-order valence-electron chi connectivity index (χ4n) is 3.57. The van der Waals surface area contributed by atoms with E-state index in [1.165, 1.54) is 6.07 Å². The molecule has 0 bridgehead atoms. The average molecular weight is 468 g/mol. The zero-order chi connectivity index (χ0) is 23.8. The summed E-state index contributed by atoms with van der Waals surface area (Å²) in [4.78, 5) is 38.8. The van der Waals surface area contributed by atoms with Gasteiger partial charge in [-0.2, -0.15) is 0 Å². The Morgan fingerprint density at radius 2 is 1.55 bits per heavy atom. The van der Waals surface area contributed by atoms with E-state index in [1.807, 2.05) is 0 Å². The van der Waals surface area contributed by atoms with Gasteiger partial charge >= 0.3 is 0 Å². The van der Waals surface area contributed by atoms with Crippen LogP contribution in [-0.2, 0) is 4.79 Å². The van der Waals surface area contributed by atoms with Crippen molar-refractivity contribution in [3.63, 3.8) is 0 Å². The first-order valence-corrected chi connectivity index (χ1v) is 11.3. The second-order valence-corrected chi connectivity index (χ2v) is 7.74. The minimum absolute atomic E-state index is 0.164. The number of ketones is 2. The summed E-state index contributed by atoms with van der Waals surface area (Å²) in [7, 11) is 0. The molecule has 6 nitrogen and oxygen atoms in total. The minimum atomic E-state index is -0.431. The molecule has 2 aromatic rings. The second kappa shape index (κ2) is 11.5. The summed E-state index contributed by atoms with van der Waals surface area (Å²) in [5, 5.41) is 2.63. The highest BCUT2D eigenvalue weighted by atomic mass is 35.5. The fourth-order valence-corrected chi connectivity index (χ4v) is 3.64. The van der Waals surface area contributed by atoms with Crippen LogP contribution in [0.2, 0.25) is 0 Å². The number of carbonyl (C=O) groups is 3. The van der Waals surface area contributed by atoms with Crippen LogP contribution in [0.4, 0.5) is 5.69 Å². The first-order valence-electron chi connectivity index (χ1n) is 10.8. The molecule has 0 saturated heterocycles. The maximum atomic E-state index is 13.6. The van der Waals surface area contributed by atoms with Gasteiger partial charge in [0.2, 0.25) is 11.7 Å². The smallest absolute Gasteiger partial charge is 0.239 e. The maximum absolute atomic E-state index is 13.6. The third kappa shape index (κ3) is 5.52. The highest BCUT2D eigenvalue weighted by Gasteiger charge is 2.35. The number of ether oxygens (including phenoxy) is 2. The Balaban J connectivity index is 2.04. The van der Waals surface area contributed by atoms with Crippen molar-refractivity contribution in [1.29, 1.82) is 0 Å². The number of allylic oxidation sites excluding steroid dienone is 2. The van der Waals surface area contributed by atoms with E-state index in [0.717, 1.165) is 19.3 Å². The molecule has 172 valence electrons. The van der Waals surface area contributed by atoms with E-state index in [-0.39, 0.29) is 45.4 Å². The van der Waals surface area contributed by atoms with Gasteiger partial charge in [0.25, 0.3) is 0 Å². The molecule has 0 aliphatic heterocycles. The van der Waals surface area contributed by atoms with E-state index < -0.39 is 5.91 Å². The molecule has 1 amide bonds. The number of nitrogens with one attached hydrogen (secondary N) is 1. The molecule has 0 unspecified atom stereocenters. The van der Waals surface area contributed by atoms with Crippen molar-refractivity contribution in [2.24, 2.45) is 0 Å². The molecule has 7 heteroatoms. The molecule has 0 aromatic heterocycles. The lowest BCUT2D eigenvalue weighted by Gasteiger charge is -2.23. The summed E-state index contributed by atoms with van der Waals surface area (Å²) in [6, 6.07) is 7.99. The number of fused-ring (bicyclic) bond motifs is 2. The Hall–Kier alpha value is -3.38. The van der Waals surface area contributed by atoms with Crippen molar-refractivity contribution < 1.29 is 23.9 Å². The molecule has 0 fully saturated rings. The van der Waals surface area contributed by atoms with Crippen LogP contribution in [0.15, 0.2) is 55.6 Å². The van der Waals surface area contributed by atoms with Crippen molar-refractivity contribution in [2.75, 3.05) is 24.4 Å². The zero-order valence-corrected chi connectivity index (χ0v) is 19.1. The molecule has 0 atom stereocenters. The van der Waals surface area contributed by atoms with E-state index in [2.05, 4.69) is 18.5 Å².